The second-order valence-electron chi connectivity index (χ2n) is 6.31. The van der Waals surface area contributed by atoms with Crippen molar-refractivity contribution in [2.24, 2.45) is 0 Å². The number of benzene rings is 1. The highest BCUT2D eigenvalue weighted by Crippen LogP contribution is 2.34. The van der Waals surface area contributed by atoms with Crippen LogP contribution in [0.4, 0.5) is 10.3 Å². The molecule has 0 radical (unpaired) electrons. The van der Waals surface area contributed by atoms with Crippen LogP contribution in [-0.4, -0.2) is 35.1 Å². The number of rotatable bonds is 6. The first-order valence-corrected chi connectivity index (χ1v) is 10.5. The maximum atomic E-state index is 12.3. The molecule has 140 valence electrons. The SMILES string of the molecule is Cc1nc(NC(=O)c2ccccc2)sc1-c1csc(NC[C@H]2CCCO2)n1. The molecule has 6 nitrogen and oxygen atoms in total. The van der Waals surface area contributed by atoms with Gasteiger partial charge in [0.25, 0.3) is 5.91 Å². The lowest BCUT2D eigenvalue weighted by atomic mass is 10.2. The second kappa shape index (κ2) is 8.16. The summed E-state index contributed by atoms with van der Waals surface area (Å²) in [5.41, 5.74) is 2.35. The lowest BCUT2D eigenvalue weighted by Crippen LogP contribution is -2.18. The predicted octanol–water partition coefficient (Wildman–Crippen LogP) is 4.42. The van der Waals surface area contributed by atoms with Gasteiger partial charge in [0.05, 0.1) is 22.4 Å². The smallest absolute Gasteiger partial charge is 0.257 e. The van der Waals surface area contributed by atoms with Gasteiger partial charge in [0.1, 0.15) is 0 Å². The Morgan fingerprint density at radius 2 is 2.11 bits per heavy atom. The number of nitrogens with one attached hydrogen (secondary N) is 2. The van der Waals surface area contributed by atoms with Crippen molar-refractivity contribution in [1.82, 2.24) is 9.97 Å². The van der Waals surface area contributed by atoms with Gasteiger partial charge in [-0.2, -0.15) is 0 Å². The lowest BCUT2D eigenvalue weighted by molar-refractivity contribution is 0.102. The maximum absolute atomic E-state index is 12.3. The summed E-state index contributed by atoms with van der Waals surface area (Å²) in [5, 5.41) is 9.70. The molecule has 0 aliphatic carbocycles. The molecule has 2 N–H and O–H groups in total. The predicted molar refractivity (Wildman–Crippen MR) is 110 cm³/mol. The molecular weight excluding hydrogens is 380 g/mol. The van der Waals surface area contributed by atoms with Gasteiger partial charge in [0.2, 0.25) is 0 Å². The van der Waals surface area contributed by atoms with Crippen LogP contribution in [0.2, 0.25) is 0 Å². The minimum atomic E-state index is -0.159. The number of aryl methyl sites for hydroxylation is 1. The lowest BCUT2D eigenvalue weighted by Gasteiger charge is -2.08. The van der Waals surface area contributed by atoms with Crippen LogP contribution in [0.25, 0.3) is 10.6 Å². The van der Waals surface area contributed by atoms with Gasteiger partial charge >= 0.3 is 0 Å². The van der Waals surface area contributed by atoms with Gasteiger partial charge in [-0.1, -0.05) is 29.5 Å². The fraction of sp³-hybridized carbons (Fsp3) is 0.316. The minimum absolute atomic E-state index is 0.159. The minimum Gasteiger partial charge on any atom is -0.376 e. The maximum Gasteiger partial charge on any atom is 0.257 e. The Hall–Kier alpha value is -2.29. The molecule has 0 bridgehead atoms. The van der Waals surface area contributed by atoms with Crippen molar-refractivity contribution >= 4 is 38.8 Å². The summed E-state index contributed by atoms with van der Waals surface area (Å²) < 4.78 is 5.63. The topological polar surface area (TPSA) is 76.1 Å². The Kier molecular flexibility index (Phi) is 5.47. The number of amides is 1. The van der Waals surface area contributed by atoms with Crippen molar-refractivity contribution in [1.29, 1.82) is 0 Å². The molecule has 0 unspecified atom stereocenters. The zero-order valence-corrected chi connectivity index (χ0v) is 16.5. The summed E-state index contributed by atoms with van der Waals surface area (Å²) in [4.78, 5) is 22.4. The summed E-state index contributed by atoms with van der Waals surface area (Å²) in [7, 11) is 0. The van der Waals surface area contributed by atoms with Crippen LogP contribution >= 0.6 is 22.7 Å². The van der Waals surface area contributed by atoms with E-state index in [0.29, 0.717) is 10.7 Å². The zero-order chi connectivity index (χ0) is 18.6. The third-order valence-electron chi connectivity index (χ3n) is 4.29. The molecular formula is C19H20N4O2S2. The van der Waals surface area contributed by atoms with E-state index < -0.39 is 0 Å². The third-order valence-corrected chi connectivity index (χ3v) is 6.19. The first-order chi connectivity index (χ1) is 13.2. The van der Waals surface area contributed by atoms with Crippen LogP contribution in [0.15, 0.2) is 35.7 Å². The summed E-state index contributed by atoms with van der Waals surface area (Å²) in [6.07, 6.45) is 2.51. The van der Waals surface area contributed by atoms with E-state index in [-0.39, 0.29) is 12.0 Å². The van der Waals surface area contributed by atoms with E-state index in [9.17, 15) is 4.79 Å². The van der Waals surface area contributed by atoms with Gasteiger partial charge in [-0.05, 0) is 31.9 Å². The van der Waals surface area contributed by atoms with Crippen LogP contribution < -0.4 is 10.6 Å². The summed E-state index contributed by atoms with van der Waals surface area (Å²) in [5.74, 6) is -0.159. The number of hydrogen-bond acceptors (Lipinski definition) is 7. The number of nitrogens with zero attached hydrogens (tertiary/aromatic N) is 2. The van der Waals surface area contributed by atoms with Crippen LogP contribution in [0.1, 0.15) is 28.9 Å². The van der Waals surface area contributed by atoms with Gasteiger partial charge in [-0.25, -0.2) is 9.97 Å². The van der Waals surface area contributed by atoms with Gasteiger partial charge in [0, 0.05) is 24.1 Å². The molecule has 1 aromatic carbocycles. The van der Waals surface area contributed by atoms with Crippen LogP contribution in [0.3, 0.4) is 0 Å². The van der Waals surface area contributed by atoms with Crippen LogP contribution in [0, 0.1) is 6.92 Å². The number of aromatic nitrogens is 2. The standard InChI is InChI=1S/C19H20N4O2S2/c1-12-16(15-11-26-18(22-15)20-10-14-8-5-9-25-14)27-19(21-12)23-17(24)13-6-3-2-4-7-13/h2-4,6-7,11,14H,5,8-10H2,1H3,(H,20,22)(H,21,23,24)/t14-/m1/s1. The monoisotopic (exact) mass is 400 g/mol. The van der Waals surface area contributed by atoms with Crippen LogP contribution in [0.5, 0.6) is 0 Å². The average Bonchev–Trinajstić information content (AvgIpc) is 3.42. The number of carbonyl (C=O) groups is 1. The summed E-state index contributed by atoms with van der Waals surface area (Å²) >= 11 is 3.01. The number of hydrogen-bond donors (Lipinski definition) is 2. The molecule has 8 heteroatoms. The molecule has 4 rings (SSSR count). The molecule has 27 heavy (non-hydrogen) atoms. The number of anilines is 2. The van der Waals surface area contributed by atoms with E-state index in [1.807, 2.05) is 30.5 Å². The zero-order valence-electron chi connectivity index (χ0n) is 14.9. The molecule has 1 fully saturated rings. The molecule has 1 saturated heterocycles. The van der Waals surface area contributed by atoms with Gasteiger partial charge in [-0.15, -0.1) is 11.3 Å². The number of carbonyl (C=O) groups excluding carboxylic acids is 1. The van der Waals surface area contributed by atoms with Crippen molar-refractivity contribution in [3.05, 3.63) is 47.0 Å². The van der Waals surface area contributed by atoms with Gasteiger partial charge in [-0.3, -0.25) is 10.1 Å². The van der Waals surface area contributed by atoms with E-state index in [1.165, 1.54) is 11.3 Å². The average molecular weight is 401 g/mol. The van der Waals surface area contributed by atoms with Gasteiger partial charge < -0.3 is 10.1 Å². The van der Waals surface area contributed by atoms with Gasteiger partial charge in [0.15, 0.2) is 10.3 Å². The molecule has 3 aromatic rings. The van der Waals surface area contributed by atoms with Crippen molar-refractivity contribution in [3.63, 3.8) is 0 Å². The van der Waals surface area contributed by atoms with Crippen molar-refractivity contribution in [2.45, 2.75) is 25.9 Å². The number of ether oxygens (including phenoxy) is 1. The van der Waals surface area contributed by atoms with E-state index in [1.54, 1.807) is 23.5 Å². The van der Waals surface area contributed by atoms with E-state index in [4.69, 9.17) is 4.74 Å². The number of thiazole rings is 2. The molecule has 1 aliphatic rings. The molecule has 1 aliphatic heterocycles. The van der Waals surface area contributed by atoms with Crippen molar-refractivity contribution < 1.29 is 9.53 Å². The molecule has 3 heterocycles. The fourth-order valence-corrected chi connectivity index (χ4v) is 4.62. The molecule has 1 atom stereocenters. The van der Waals surface area contributed by atoms with Crippen LogP contribution in [-0.2, 0) is 4.74 Å². The van der Waals surface area contributed by atoms with Crippen molar-refractivity contribution in [2.75, 3.05) is 23.8 Å². The highest BCUT2D eigenvalue weighted by molar-refractivity contribution is 7.20. The molecule has 0 saturated carbocycles. The quantitative estimate of drug-likeness (QED) is 0.641. The largest absolute Gasteiger partial charge is 0.376 e. The van der Waals surface area contributed by atoms with Crippen molar-refractivity contribution in [3.8, 4) is 10.6 Å². The second-order valence-corrected chi connectivity index (χ2v) is 8.16. The Morgan fingerprint density at radius 3 is 2.89 bits per heavy atom. The summed E-state index contributed by atoms with van der Waals surface area (Å²) in [6.45, 7) is 3.57. The molecule has 1 amide bonds. The molecule has 2 aromatic heterocycles. The van der Waals surface area contributed by atoms with E-state index in [2.05, 4.69) is 20.6 Å². The van der Waals surface area contributed by atoms with E-state index >= 15 is 0 Å². The normalized spacial score (nSPS) is 16.4. The first kappa shape index (κ1) is 18.1. The summed E-state index contributed by atoms with van der Waals surface area (Å²) in [6, 6.07) is 9.13. The Bertz CT molecular complexity index is 917. The third kappa shape index (κ3) is 4.35. The highest BCUT2D eigenvalue weighted by Gasteiger charge is 2.17. The molecule has 0 spiro atoms. The highest BCUT2D eigenvalue weighted by atomic mass is 32.1. The Balaban J connectivity index is 1.43. The Morgan fingerprint density at radius 1 is 1.26 bits per heavy atom. The fourth-order valence-electron chi connectivity index (χ4n) is 2.91. The Labute approximate surface area is 165 Å². The first-order valence-electron chi connectivity index (χ1n) is 8.84. The van der Waals surface area contributed by atoms with E-state index in [0.717, 1.165) is 47.4 Å².